The topological polar surface area (TPSA) is 81.8 Å². The molecule has 25 heavy (non-hydrogen) atoms. The molecule has 0 amide bonds. The number of nitrogens with one attached hydrogen (secondary N) is 1. The average molecular weight is 474 g/mol. The number of halogens is 1. The van der Waals surface area contributed by atoms with Crippen LogP contribution in [0.15, 0.2) is 40.8 Å². The molecule has 2 aromatic heterocycles. The Labute approximate surface area is 168 Å². The van der Waals surface area contributed by atoms with E-state index in [0.29, 0.717) is 25.0 Å². The maximum absolute atomic E-state index is 5.91. The van der Waals surface area contributed by atoms with Crippen molar-refractivity contribution in [3.05, 3.63) is 46.3 Å². The SMILES string of the molecule is I.NC(=NCc1ccnc(OC2CCOC2)c1)NCCc1cccs1. The predicted molar refractivity (Wildman–Crippen MR) is 111 cm³/mol. The van der Waals surface area contributed by atoms with Crippen LogP contribution >= 0.6 is 35.3 Å². The fourth-order valence-electron chi connectivity index (χ4n) is 2.39. The van der Waals surface area contributed by atoms with Crippen molar-refractivity contribution in [3.63, 3.8) is 0 Å². The predicted octanol–water partition coefficient (Wildman–Crippen LogP) is 2.58. The van der Waals surface area contributed by atoms with Gasteiger partial charge in [0, 0.05) is 30.1 Å². The Morgan fingerprint density at radius 3 is 3.16 bits per heavy atom. The van der Waals surface area contributed by atoms with Gasteiger partial charge in [0.05, 0.1) is 19.8 Å². The van der Waals surface area contributed by atoms with Crippen LogP contribution in [0, 0.1) is 0 Å². The first-order valence-electron chi connectivity index (χ1n) is 8.05. The van der Waals surface area contributed by atoms with E-state index in [-0.39, 0.29) is 30.1 Å². The number of guanidine groups is 1. The van der Waals surface area contributed by atoms with E-state index in [1.165, 1.54) is 4.88 Å². The molecule has 1 atom stereocenters. The number of ether oxygens (including phenoxy) is 2. The molecule has 8 heteroatoms. The maximum Gasteiger partial charge on any atom is 0.213 e. The summed E-state index contributed by atoms with van der Waals surface area (Å²) in [6, 6.07) is 7.99. The van der Waals surface area contributed by atoms with Crippen molar-refractivity contribution < 1.29 is 9.47 Å². The first-order chi connectivity index (χ1) is 11.8. The van der Waals surface area contributed by atoms with Crippen LogP contribution in [-0.2, 0) is 17.7 Å². The molecule has 0 bridgehead atoms. The van der Waals surface area contributed by atoms with Crippen LogP contribution in [-0.4, -0.2) is 36.8 Å². The number of hydrogen-bond donors (Lipinski definition) is 2. The summed E-state index contributed by atoms with van der Waals surface area (Å²) in [7, 11) is 0. The van der Waals surface area contributed by atoms with Crippen molar-refractivity contribution in [1.82, 2.24) is 10.3 Å². The molecule has 136 valence electrons. The summed E-state index contributed by atoms with van der Waals surface area (Å²) >= 11 is 1.75. The number of rotatable bonds is 7. The zero-order chi connectivity index (χ0) is 16.6. The zero-order valence-corrected chi connectivity index (χ0v) is 17.0. The largest absolute Gasteiger partial charge is 0.472 e. The van der Waals surface area contributed by atoms with Gasteiger partial charge < -0.3 is 20.5 Å². The number of pyridine rings is 1. The summed E-state index contributed by atoms with van der Waals surface area (Å²) in [6.45, 7) is 2.66. The number of aromatic nitrogens is 1. The fourth-order valence-corrected chi connectivity index (χ4v) is 3.10. The molecule has 0 spiro atoms. The van der Waals surface area contributed by atoms with Crippen LogP contribution in [0.3, 0.4) is 0 Å². The van der Waals surface area contributed by atoms with E-state index in [1.54, 1.807) is 17.5 Å². The fraction of sp³-hybridized carbons (Fsp3) is 0.412. The zero-order valence-electron chi connectivity index (χ0n) is 13.9. The Balaban J connectivity index is 0.00000225. The normalized spacial score (nSPS) is 17.1. The van der Waals surface area contributed by atoms with Crippen molar-refractivity contribution >= 4 is 41.3 Å². The van der Waals surface area contributed by atoms with E-state index >= 15 is 0 Å². The third-order valence-corrected chi connectivity index (χ3v) is 4.60. The lowest BCUT2D eigenvalue weighted by atomic mass is 10.2. The molecular weight excluding hydrogens is 451 g/mol. The monoisotopic (exact) mass is 474 g/mol. The Bertz CT molecular complexity index is 660. The number of nitrogens with zero attached hydrogens (tertiary/aromatic N) is 2. The van der Waals surface area contributed by atoms with Crippen LogP contribution in [0.4, 0.5) is 0 Å². The van der Waals surface area contributed by atoms with Gasteiger partial charge in [-0.15, -0.1) is 35.3 Å². The molecule has 1 aliphatic heterocycles. The minimum Gasteiger partial charge on any atom is -0.472 e. The van der Waals surface area contributed by atoms with Gasteiger partial charge in [-0.2, -0.15) is 0 Å². The summed E-state index contributed by atoms with van der Waals surface area (Å²) in [5, 5.41) is 5.21. The molecule has 0 aliphatic carbocycles. The van der Waals surface area contributed by atoms with Crippen LogP contribution in [0.1, 0.15) is 16.9 Å². The van der Waals surface area contributed by atoms with Gasteiger partial charge in [0.25, 0.3) is 0 Å². The number of thiophene rings is 1. The molecule has 1 fully saturated rings. The molecule has 6 nitrogen and oxygen atoms in total. The van der Waals surface area contributed by atoms with Crippen molar-refractivity contribution in [1.29, 1.82) is 0 Å². The molecule has 3 N–H and O–H groups in total. The highest BCUT2D eigenvalue weighted by Gasteiger charge is 2.17. The van der Waals surface area contributed by atoms with Gasteiger partial charge in [-0.05, 0) is 29.5 Å². The molecule has 2 aromatic rings. The summed E-state index contributed by atoms with van der Waals surface area (Å²) in [5.41, 5.74) is 6.93. The Hall–Kier alpha value is -1.39. The lowest BCUT2D eigenvalue weighted by molar-refractivity contribution is 0.138. The molecular formula is C17H23IN4O2S. The second-order valence-corrected chi connectivity index (χ2v) is 6.60. The first-order valence-corrected chi connectivity index (χ1v) is 8.93. The van der Waals surface area contributed by atoms with Crippen molar-refractivity contribution in [2.24, 2.45) is 10.7 Å². The highest BCUT2D eigenvalue weighted by molar-refractivity contribution is 14.0. The maximum atomic E-state index is 5.91. The smallest absolute Gasteiger partial charge is 0.213 e. The molecule has 0 radical (unpaired) electrons. The Morgan fingerprint density at radius 1 is 1.48 bits per heavy atom. The van der Waals surface area contributed by atoms with Crippen LogP contribution in [0.25, 0.3) is 0 Å². The van der Waals surface area contributed by atoms with Crippen molar-refractivity contribution in [2.75, 3.05) is 19.8 Å². The van der Waals surface area contributed by atoms with E-state index in [0.717, 1.165) is 31.6 Å². The van der Waals surface area contributed by atoms with E-state index in [2.05, 4.69) is 32.8 Å². The lowest BCUT2D eigenvalue weighted by Crippen LogP contribution is -2.33. The van der Waals surface area contributed by atoms with E-state index in [4.69, 9.17) is 15.2 Å². The molecule has 3 heterocycles. The molecule has 0 aromatic carbocycles. The van der Waals surface area contributed by atoms with E-state index in [1.807, 2.05) is 12.1 Å². The number of aliphatic imine (C=N–C) groups is 1. The van der Waals surface area contributed by atoms with Gasteiger partial charge in [-0.25, -0.2) is 9.98 Å². The van der Waals surface area contributed by atoms with Gasteiger partial charge in [-0.3, -0.25) is 0 Å². The van der Waals surface area contributed by atoms with Crippen molar-refractivity contribution in [3.8, 4) is 5.88 Å². The van der Waals surface area contributed by atoms with Gasteiger partial charge in [-0.1, -0.05) is 6.07 Å². The summed E-state index contributed by atoms with van der Waals surface area (Å²) < 4.78 is 11.1. The third kappa shape index (κ3) is 6.79. The number of nitrogens with two attached hydrogens (primary N) is 1. The van der Waals surface area contributed by atoms with Crippen molar-refractivity contribution in [2.45, 2.75) is 25.5 Å². The Kier molecular flexibility index (Phi) is 8.42. The Morgan fingerprint density at radius 2 is 2.40 bits per heavy atom. The highest BCUT2D eigenvalue weighted by atomic mass is 127. The van der Waals surface area contributed by atoms with Gasteiger partial charge in [0.2, 0.25) is 5.88 Å². The minimum atomic E-state index is 0. The second kappa shape index (κ2) is 10.6. The standard InChI is InChI=1S/C17H22N4O2S.HI/c18-17(20-7-4-15-2-1-9-24-15)21-11-13-3-6-19-16(10-13)23-14-5-8-22-12-14;/h1-3,6,9-10,14H,4-5,7-8,11-12H2,(H3,18,20,21);1H. The molecule has 1 unspecified atom stereocenters. The molecule has 1 aliphatic rings. The number of hydrogen-bond acceptors (Lipinski definition) is 5. The first kappa shape index (κ1) is 19.9. The summed E-state index contributed by atoms with van der Waals surface area (Å²) in [6.07, 6.45) is 3.69. The van der Waals surface area contributed by atoms with E-state index in [9.17, 15) is 0 Å². The van der Waals surface area contributed by atoms with Crippen LogP contribution in [0.2, 0.25) is 0 Å². The second-order valence-electron chi connectivity index (χ2n) is 5.56. The van der Waals surface area contributed by atoms with Gasteiger partial charge in [0.1, 0.15) is 6.10 Å². The molecule has 3 rings (SSSR count). The molecule has 1 saturated heterocycles. The minimum absolute atomic E-state index is 0. The van der Waals surface area contributed by atoms with Gasteiger partial charge in [0.15, 0.2) is 5.96 Å². The third-order valence-electron chi connectivity index (χ3n) is 3.66. The van der Waals surface area contributed by atoms with Crippen LogP contribution in [0.5, 0.6) is 5.88 Å². The quantitative estimate of drug-likeness (QED) is 0.366. The summed E-state index contributed by atoms with van der Waals surface area (Å²) in [4.78, 5) is 9.94. The lowest BCUT2D eigenvalue weighted by Gasteiger charge is -2.11. The summed E-state index contributed by atoms with van der Waals surface area (Å²) in [5.74, 6) is 1.07. The average Bonchev–Trinajstić information content (AvgIpc) is 3.27. The van der Waals surface area contributed by atoms with Crippen LogP contribution < -0.4 is 15.8 Å². The van der Waals surface area contributed by atoms with E-state index < -0.39 is 0 Å². The highest BCUT2D eigenvalue weighted by Crippen LogP contribution is 2.16. The van der Waals surface area contributed by atoms with Gasteiger partial charge >= 0.3 is 0 Å². The molecule has 0 saturated carbocycles.